The summed E-state index contributed by atoms with van der Waals surface area (Å²) >= 11 is 0. The summed E-state index contributed by atoms with van der Waals surface area (Å²) in [6, 6.07) is 9.40. The van der Waals surface area contributed by atoms with Crippen molar-refractivity contribution in [1.29, 1.82) is 0 Å². The lowest BCUT2D eigenvalue weighted by Crippen LogP contribution is -2.12. The topological polar surface area (TPSA) is 68.0 Å². The van der Waals surface area contributed by atoms with E-state index in [2.05, 4.69) is 31.1 Å². The Balaban J connectivity index is 2.41. The van der Waals surface area contributed by atoms with E-state index >= 15 is 0 Å². The second-order valence-corrected chi connectivity index (χ2v) is 5.99. The molecule has 0 bridgehead atoms. The van der Waals surface area contributed by atoms with Crippen molar-refractivity contribution in [3.8, 4) is 11.3 Å². The highest BCUT2D eigenvalue weighted by Crippen LogP contribution is 2.25. The molecule has 106 valence electrons. The van der Waals surface area contributed by atoms with Crippen LogP contribution in [-0.2, 0) is 6.54 Å². The van der Waals surface area contributed by atoms with Gasteiger partial charge in [0.05, 0.1) is 0 Å². The van der Waals surface area contributed by atoms with Gasteiger partial charge in [-0.15, -0.1) is 5.10 Å². The standard InChI is InChI=1S/C15H19N3O2/c1-15(2,3)9-10-18-13(11-7-5-4-6-8-11)12(14(19)20)16-17-18/h4-8H,9-10H2,1-3H3,(H,19,20). The summed E-state index contributed by atoms with van der Waals surface area (Å²) in [4.78, 5) is 11.3. The van der Waals surface area contributed by atoms with Gasteiger partial charge >= 0.3 is 5.97 Å². The van der Waals surface area contributed by atoms with E-state index < -0.39 is 5.97 Å². The molecule has 0 atom stereocenters. The number of benzene rings is 1. The fraction of sp³-hybridized carbons (Fsp3) is 0.400. The maximum Gasteiger partial charge on any atom is 0.358 e. The van der Waals surface area contributed by atoms with Crippen molar-refractivity contribution in [2.24, 2.45) is 5.41 Å². The number of aromatic carboxylic acids is 1. The highest BCUT2D eigenvalue weighted by molar-refractivity contribution is 5.92. The molecule has 1 N–H and O–H groups in total. The van der Waals surface area contributed by atoms with Gasteiger partial charge in [-0.05, 0) is 11.8 Å². The smallest absolute Gasteiger partial charge is 0.358 e. The van der Waals surface area contributed by atoms with Gasteiger partial charge in [0.2, 0.25) is 0 Å². The second-order valence-electron chi connectivity index (χ2n) is 5.99. The Bertz CT molecular complexity index is 597. The third-order valence-electron chi connectivity index (χ3n) is 3.06. The van der Waals surface area contributed by atoms with E-state index in [4.69, 9.17) is 0 Å². The third kappa shape index (κ3) is 3.23. The SMILES string of the molecule is CC(C)(C)CCn1nnc(C(=O)O)c1-c1ccccc1. The minimum atomic E-state index is -1.05. The summed E-state index contributed by atoms with van der Waals surface area (Å²) in [7, 11) is 0. The van der Waals surface area contributed by atoms with E-state index in [1.807, 2.05) is 30.3 Å². The number of hydrogen-bond acceptors (Lipinski definition) is 3. The van der Waals surface area contributed by atoms with Crippen molar-refractivity contribution in [3.63, 3.8) is 0 Å². The molecule has 0 saturated carbocycles. The molecule has 20 heavy (non-hydrogen) atoms. The number of carboxylic acid groups (broad SMARTS) is 1. The predicted molar refractivity (Wildman–Crippen MR) is 76.5 cm³/mol. The first-order valence-electron chi connectivity index (χ1n) is 6.61. The zero-order chi connectivity index (χ0) is 14.8. The van der Waals surface area contributed by atoms with E-state index in [1.54, 1.807) is 4.68 Å². The molecular formula is C15H19N3O2. The van der Waals surface area contributed by atoms with Crippen LogP contribution in [0, 0.1) is 5.41 Å². The van der Waals surface area contributed by atoms with Crippen LogP contribution < -0.4 is 0 Å². The third-order valence-corrected chi connectivity index (χ3v) is 3.06. The molecule has 1 aromatic carbocycles. The van der Waals surface area contributed by atoms with Gasteiger partial charge in [-0.1, -0.05) is 56.3 Å². The Kier molecular flexibility index (Phi) is 3.88. The van der Waals surface area contributed by atoms with Crippen LogP contribution in [0.15, 0.2) is 30.3 Å². The fourth-order valence-electron chi connectivity index (χ4n) is 1.94. The predicted octanol–water partition coefficient (Wildman–Crippen LogP) is 3.08. The molecule has 0 saturated heterocycles. The van der Waals surface area contributed by atoms with Crippen LogP contribution in [0.5, 0.6) is 0 Å². The van der Waals surface area contributed by atoms with Gasteiger partial charge in [0.15, 0.2) is 5.69 Å². The molecule has 2 aromatic rings. The van der Waals surface area contributed by atoms with Crippen molar-refractivity contribution in [1.82, 2.24) is 15.0 Å². The minimum absolute atomic E-state index is 0.00473. The molecule has 0 aliphatic carbocycles. The summed E-state index contributed by atoms with van der Waals surface area (Å²) in [6.45, 7) is 7.08. The van der Waals surface area contributed by atoms with Crippen molar-refractivity contribution < 1.29 is 9.90 Å². The molecule has 0 fully saturated rings. The largest absolute Gasteiger partial charge is 0.476 e. The highest BCUT2D eigenvalue weighted by atomic mass is 16.4. The number of aryl methyl sites for hydroxylation is 1. The van der Waals surface area contributed by atoms with Gasteiger partial charge in [0, 0.05) is 12.1 Å². The van der Waals surface area contributed by atoms with Crippen molar-refractivity contribution >= 4 is 5.97 Å². The molecule has 0 radical (unpaired) electrons. The van der Waals surface area contributed by atoms with Gasteiger partial charge in [0.25, 0.3) is 0 Å². The molecule has 0 unspecified atom stereocenters. The monoisotopic (exact) mass is 273 g/mol. The highest BCUT2D eigenvalue weighted by Gasteiger charge is 2.21. The zero-order valence-corrected chi connectivity index (χ0v) is 12.0. The first kappa shape index (κ1) is 14.2. The molecule has 0 aliphatic rings. The van der Waals surface area contributed by atoms with Crippen molar-refractivity contribution in [2.45, 2.75) is 33.7 Å². The Labute approximate surface area is 118 Å². The average Bonchev–Trinajstić information content (AvgIpc) is 2.80. The van der Waals surface area contributed by atoms with Gasteiger partial charge < -0.3 is 5.11 Å². The summed E-state index contributed by atoms with van der Waals surface area (Å²) in [6.07, 6.45) is 0.898. The van der Waals surface area contributed by atoms with E-state index in [1.165, 1.54) is 0 Å². The first-order valence-corrected chi connectivity index (χ1v) is 6.61. The van der Waals surface area contributed by atoms with Crippen LogP contribution in [-0.4, -0.2) is 26.1 Å². The number of carbonyl (C=O) groups is 1. The summed E-state index contributed by atoms with van der Waals surface area (Å²) in [5, 5.41) is 17.1. The quantitative estimate of drug-likeness (QED) is 0.929. The summed E-state index contributed by atoms with van der Waals surface area (Å²) < 4.78 is 1.68. The number of aromatic nitrogens is 3. The number of hydrogen-bond donors (Lipinski definition) is 1. The van der Waals surface area contributed by atoms with E-state index in [0.29, 0.717) is 12.2 Å². The van der Waals surface area contributed by atoms with E-state index in [-0.39, 0.29) is 11.1 Å². The molecule has 5 heteroatoms. The second kappa shape index (κ2) is 5.45. The lowest BCUT2D eigenvalue weighted by molar-refractivity contribution is 0.0691. The number of rotatable bonds is 4. The molecular weight excluding hydrogens is 254 g/mol. The molecule has 0 aliphatic heterocycles. The molecule has 1 aromatic heterocycles. The Morgan fingerprint density at radius 1 is 1.25 bits per heavy atom. The molecule has 2 rings (SSSR count). The normalized spacial score (nSPS) is 11.6. The molecule has 0 spiro atoms. The zero-order valence-electron chi connectivity index (χ0n) is 12.0. The lowest BCUT2D eigenvalue weighted by Gasteiger charge is -2.18. The first-order chi connectivity index (χ1) is 9.38. The fourth-order valence-corrected chi connectivity index (χ4v) is 1.94. The van der Waals surface area contributed by atoms with Gasteiger partial charge in [-0.2, -0.15) is 0 Å². The number of nitrogens with zero attached hydrogens (tertiary/aromatic N) is 3. The molecule has 5 nitrogen and oxygen atoms in total. The van der Waals surface area contributed by atoms with Crippen LogP contribution in [0.25, 0.3) is 11.3 Å². The Hall–Kier alpha value is -2.17. The summed E-state index contributed by atoms with van der Waals surface area (Å²) in [5.74, 6) is -1.05. The molecule has 0 amide bonds. The van der Waals surface area contributed by atoms with Crippen LogP contribution in [0.4, 0.5) is 0 Å². The molecule has 1 heterocycles. The van der Waals surface area contributed by atoms with Gasteiger partial charge in [-0.25, -0.2) is 9.48 Å². The van der Waals surface area contributed by atoms with Gasteiger partial charge in [0.1, 0.15) is 5.69 Å². The van der Waals surface area contributed by atoms with Crippen LogP contribution in [0.2, 0.25) is 0 Å². The van der Waals surface area contributed by atoms with Gasteiger partial charge in [-0.3, -0.25) is 0 Å². The Morgan fingerprint density at radius 2 is 1.90 bits per heavy atom. The lowest BCUT2D eigenvalue weighted by atomic mass is 9.92. The van der Waals surface area contributed by atoms with Crippen LogP contribution in [0.3, 0.4) is 0 Å². The van der Waals surface area contributed by atoms with Crippen molar-refractivity contribution in [2.75, 3.05) is 0 Å². The van der Waals surface area contributed by atoms with E-state index in [9.17, 15) is 9.90 Å². The van der Waals surface area contributed by atoms with Crippen LogP contribution >= 0.6 is 0 Å². The average molecular weight is 273 g/mol. The Morgan fingerprint density at radius 3 is 2.45 bits per heavy atom. The minimum Gasteiger partial charge on any atom is -0.476 e. The summed E-state index contributed by atoms with van der Waals surface area (Å²) in [5.41, 5.74) is 1.56. The van der Waals surface area contributed by atoms with Crippen LogP contribution in [0.1, 0.15) is 37.7 Å². The maximum atomic E-state index is 11.3. The number of carboxylic acids is 1. The van der Waals surface area contributed by atoms with E-state index in [0.717, 1.165) is 12.0 Å². The van der Waals surface area contributed by atoms with Crippen molar-refractivity contribution in [3.05, 3.63) is 36.0 Å². The maximum absolute atomic E-state index is 11.3.